The Kier molecular flexibility index (Phi) is 6.78. The largest absolute Gasteiger partial charge is 0.416 e. The molecule has 1 amide bonds. The van der Waals surface area contributed by atoms with Crippen LogP contribution in [0, 0.1) is 6.92 Å². The number of nitrogens with one attached hydrogen (secondary N) is 2. The monoisotopic (exact) mass is 385 g/mol. The van der Waals surface area contributed by atoms with Crippen LogP contribution in [0.3, 0.4) is 0 Å². The Morgan fingerprint density at radius 3 is 2.30 bits per heavy atom. The topological polar surface area (TPSA) is 44.4 Å². The molecule has 2 N–H and O–H groups in total. The first-order valence-electron chi connectivity index (χ1n) is 9.61. The molecule has 7 heteroatoms. The summed E-state index contributed by atoms with van der Waals surface area (Å²) in [6.07, 6.45) is -2.80. The van der Waals surface area contributed by atoms with Crippen molar-refractivity contribution in [1.29, 1.82) is 0 Å². The molecular weight excluding hydrogens is 355 g/mol. The number of halogens is 3. The number of carbonyl (C=O) groups is 1. The quantitative estimate of drug-likeness (QED) is 0.801. The van der Waals surface area contributed by atoms with Gasteiger partial charge in [-0.25, -0.2) is 0 Å². The summed E-state index contributed by atoms with van der Waals surface area (Å²) in [5.74, 6) is -0.467. The van der Waals surface area contributed by atoms with E-state index in [4.69, 9.17) is 0 Å². The van der Waals surface area contributed by atoms with Gasteiger partial charge in [0.15, 0.2) is 0 Å². The minimum Gasteiger partial charge on any atom is -0.368 e. The van der Waals surface area contributed by atoms with Crippen LogP contribution in [-0.2, 0) is 6.18 Å². The first-order valence-corrected chi connectivity index (χ1v) is 9.61. The Balaban J connectivity index is 2.55. The Morgan fingerprint density at radius 1 is 1.22 bits per heavy atom. The molecule has 1 heterocycles. The summed E-state index contributed by atoms with van der Waals surface area (Å²) in [6.45, 7) is 10.6. The van der Waals surface area contributed by atoms with Crippen LogP contribution in [0.4, 0.5) is 18.9 Å². The van der Waals surface area contributed by atoms with E-state index in [1.54, 1.807) is 13.8 Å². The molecule has 1 aliphatic heterocycles. The van der Waals surface area contributed by atoms with Crippen molar-refractivity contribution in [2.45, 2.75) is 71.8 Å². The van der Waals surface area contributed by atoms with Gasteiger partial charge < -0.3 is 15.5 Å². The Bertz CT molecular complexity index is 665. The molecule has 0 saturated carbocycles. The molecule has 0 radical (unpaired) electrons. The fourth-order valence-electron chi connectivity index (χ4n) is 4.07. The highest BCUT2D eigenvalue weighted by atomic mass is 19.4. The van der Waals surface area contributed by atoms with Crippen LogP contribution in [0.15, 0.2) is 12.1 Å². The highest BCUT2D eigenvalue weighted by molar-refractivity contribution is 5.97. The van der Waals surface area contributed by atoms with Gasteiger partial charge in [0.25, 0.3) is 5.91 Å². The first-order chi connectivity index (χ1) is 12.6. The number of hydrogen-bond acceptors (Lipinski definition) is 3. The minimum absolute atomic E-state index is 0.0927. The van der Waals surface area contributed by atoms with E-state index in [9.17, 15) is 18.0 Å². The zero-order valence-corrected chi connectivity index (χ0v) is 16.7. The maximum absolute atomic E-state index is 13.5. The van der Waals surface area contributed by atoms with Gasteiger partial charge in [0.2, 0.25) is 0 Å². The molecular formula is C20H30F3N3O. The lowest BCUT2D eigenvalue weighted by Crippen LogP contribution is -2.51. The van der Waals surface area contributed by atoms with E-state index >= 15 is 0 Å². The van der Waals surface area contributed by atoms with Crippen LogP contribution in [0.2, 0.25) is 0 Å². The molecule has 27 heavy (non-hydrogen) atoms. The molecule has 2 rings (SSSR count). The smallest absolute Gasteiger partial charge is 0.368 e. The van der Waals surface area contributed by atoms with Crippen LogP contribution in [0.25, 0.3) is 0 Å². The number of benzene rings is 1. The second-order valence-corrected chi connectivity index (χ2v) is 7.41. The summed E-state index contributed by atoms with van der Waals surface area (Å²) in [4.78, 5) is 14.4. The van der Waals surface area contributed by atoms with Gasteiger partial charge in [-0.15, -0.1) is 0 Å². The summed E-state index contributed by atoms with van der Waals surface area (Å²) in [7, 11) is 0. The molecule has 4 nitrogen and oxygen atoms in total. The molecule has 0 aromatic heterocycles. The fraction of sp³-hybridized carbons (Fsp3) is 0.650. The van der Waals surface area contributed by atoms with E-state index in [1.807, 2.05) is 11.8 Å². The van der Waals surface area contributed by atoms with Gasteiger partial charge in [-0.05, 0) is 65.2 Å². The van der Waals surface area contributed by atoms with Crippen LogP contribution in [-0.4, -0.2) is 37.1 Å². The second-order valence-electron chi connectivity index (χ2n) is 7.41. The van der Waals surface area contributed by atoms with Gasteiger partial charge in [-0.2, -0.15) is 13.2 Å². The first kappa shape index (κ1) is 21.5. The van der Waals surface area contributed by atoms with Gasteiger partial charge in [0.1, 0.15) is 0 Å². The van der Waals surface area contributed by atoms with E-state index in [0.29, 0.717) is 36.4 Å². The third-order valence-electron chi connectivity index (χ3n) is 5.20. The number of anilines is 1. The number of carbonyl (C=O) groups excluding carboxylic acids is 1. The zero-order chi connectivity index (χ0) is 20.4. The number of piperidine rings is 1. The highest BCUT2D eigenvalue weighted by Gasteiger charge is 2.35. The molecule has 2 unspecified atom stereocenters. The van der Waals surface area contributed by atoms with E-state index < -0.39 is 17.6 Å². The van der Waals surface area contributed by atoms with Crippen LogP contribution < -0.4 is 15.5 Å². The number of nitrogens with zero attached hydrogens (tertiary/aromatic N) is 1. The van der Waals surface area contributed by atoms with Crippen molar-refractivity contribution in [1.82, 2.24) is 10.6 Å². The lowest BCUT2D eigenvalue weighted by molar-refractivity contribution is -0.137. The predicted octanol–water partition coefficient (Wildman–Crippen LogP) is 4.12. The summed E-state index contributed by atoms with van der Waals surface area (Å²) >= 11 is 0. The van der Waals surface area contributed by atoms with E-state index in [0.717, 1.165) is 18.9 Å². The molecule has 152 valence electrons. The lowest BCUT2D eigenvalue weighted by atomic mass is 9.92. The van der Waals surface area contributed by atoms with Gasteiger partial charge in [0.05, 0.1) is 5.56 Å². The SMILES string of the molecule is CCNC(=O)c1cc(C(F)(F)F)cc(N(CC)C2CC(C)NC(C)C2)c1C. The van der Waals surface area contributed by atoms with Gasteiger partial charge in [0, 0.05) is 42.5 Å². The molecule has 2 atom stereocenters. The Hall–Kier alpha value is -1.76. The maximum atomic E-state index is 13.5. The number of hydrogen-bond donors (Lipinski definition) is 2. The van der Waals surface area contributed by atoms with Crippen molar-refractivity contribution in [3.05, 3.63) is 28.8 Å². The molecule has 1 aromatic rings. The van der Waals surface area contributed by atoms with E-state index in [1.165, 1.54) is 6.07 Å². The van der Waals surface area contributed by atoms with Crippen molar-refractivity contribution < 1.29 is 18.0 Å². The molecule has 0 bridgehead atoms. The standard InChI is InChI=1S/C20H30F3N3O/c1-6-24-19(27)17-10-15(20(21,22)23)11-18(14(17)5)26(7-2)16-8-12(3)25-13(4)9-16/h10-13,16,25H,6-9H2,1-5H3,(H,24,27). The molecule has 0 aliphatic carbocycles. The maximum Gasteiger partial charge on any atom is 0.416 e. The average molecular weight is 385 g/mol. The molecule has 1 saturated heterocycles. The zero-order valence-electron chi connectivity index (χ0n) is 16.7. The van der Waals surface area contributed by atoms with Crippen molar-refractivity contribution >= 4 is 11.6 Å². The van der Waals surface area contributed by atoms with Crippen LogP contribution in [0.5, 0.6) is 0 Å². The number of amides is 1. The molecule has 1 fully saturated rings. The van der Waals surface area contributed by atoms with Gasteiger partial charge in [-0.3, -0.25) is 4.79 Å². The van der Waals surface area contributed by atoms with Crippen LogP contribution >= 0.6 is 0 Å². The Labute approximate surface area is 159 Å². The van der Waals surface area contributed by atoms with Crippen LogP contribution in [0.1, 0.15) is 62.0 Å². The summed E-state index contributed by atoms with van der Waals surface area (Å²) in [5, 5.41) is 6.09. The third-order valence-corrected chi connectivity index (χ3v) is 5.20. The van der Waals surface area contributed by atoms with Crippen molar-refractivity contribution in [3.8, 4) is 0 Å². The molecule has 0 spiro atoms. The molecule has 1 aromatic carbocycles. The molecule has 1 aliphatic rings. The fourth-order valence-corrected chi connectivity index (χ4v) is 4.07. The summed E-state index contributed by atoms with van der Waals surface area (Å²) in [5.41, 5.74) is 0.405. The number of alkyl halides is 3. The third kappa shape index (κ3) is 4.94. The summed E-state index contributed by atoms with van der Waals surface area (Å²) < 4.78 is 40.5. The summed E-state index contributed by atoms with van der Waals surface area (Å²) in [6, 6.07) is 2.87. The number of rotatable bonds is 5. The van der Waals surface area contributed by atoms with E-state index in [2.05, 4.69) is 24.5 Å². The second kappa shape index (κ2) is 8.50. The Morgan fingerprint density at radius 2 is 1.81 bits per heavy atom. The van der Waals surface area contributed by atoms with Crippen molar-refractivity contribution in [2.24, 2.45) is 0 Å². The highest BCUT2D eigenvalue weighted by Crippen LogP contribution is 2.37. The van der Waals surface area contributed by atoms with Crippen molar-refractivity contribution in [2.75, 3.05) is 18.0 Å². The van der Waals surface area contributed by atoms with Gasteiger partial charge >= 0.3 is 6.18 Å². The van der Waals surface area contributed by atoms with Gasteiger partial charge in [-0.1, -0.05) is 0 Å². The average Bonchev–Trinajstić information content (AvgIpc) is 2.55. The van der Waals surface area contributed by atoms with E-state index in [-0.39, 0.29) is 11.6 Å². The minimum atomic E-state index is -4.50. The normalized spacial score (nSPS) is 23.2. The lowest BCUT2D eigenvalue weighted by Gasteiger charge is -2.41. The predicted molar refractivity (Wildman–Crippen MR) is 102 cm³/mol. The van der Waals surface area contributed by atoms with Crippen molar-refractivity contribution in [3.63, 3.8) is 0 Å².